The Labute approximate surface area is 141 Å². The molecule has 0 saturated carbocycles. The highest BCUT2D eigenvalue weighted by Gasteiger charge is 2.16. The maximum atomic E-state index is 12.4. The number of hydrogen-bond donors (Lipinski definition) is 1. The maximum absolute atomic E-state index is 12.4. The predicted octanol–water partition coefficient (Wildman–Crippen LogP) is 3.00. The van der Waals surface area contributed by atoms with Crippen molar-refractivity contribution >= 4 is 5.91 Å². The summed E-state index contributed by atoms with van der Waals surface area (Å²) in [6.07, 6.45) is 0.148. The molecule has 0 bridgehead atoms. The number of ether oxygens (including phenoxy) is 2. The van der Waals surface area contributed by atoms with Crippen LogP contribution in [0.1, 0.15) is 29.7 Å². The molecule has 0 spiro atoms. The Morgan fingerprint density at radius 3 is 2.38 bits per heavy atom. The first-order valence-corrected chi connectivity index (χ1v) is 7.58. The summed E-state index contributed by atoms with van der Waals surface area (Å²) in [5.41, 5.74) is 2.16. The monoisotopic (exact) mass is 324 g/mol. The highest BCUT2D eigenvalue weighted by molar-refractivity contribution is 5.80. The largest absolute Gasteiger partial charge is 0.496 e. The lowest BCUT2D eigenvalue weighted by molar-refractivity contribution is -0.121. The number of rotatable bonds is 6. The molecule has 124 valence electrons. The second-order valence-corrected chi connectivity index (χ2v) is 5.34. The Bertz CT molecular complexity index is 743. The van der Waals surface area contributed by atoms with Crippen molar-refractivity contribution in [3.63, 3.8) is 0 Å². The molecule has 2 rings (SSSR count). The number of amides is 1. The standard InChI is InChI=1S/C19H20N2O3/c1-13(15-7-4-6-14(10-15)12-20)21-19(22)11-16-17(23-2)8-5-9-18(16)24-3/h4-10,13H,11H2,1-3H3,(H,21,22). The third-order valence-electron chi connectivity index (χ3n) is 3.76. The van der Waals surface area contributed by atoms with Gasteiger partial charge in [-0.05, 0) is 36.8 Å². The van der Waals surface area contributed by atoms with Crippen molar-refractivity contribution in [1.29, 1.82) is 5.26 Å². The Hall–Kier alpha value is -3.00. The van der Waals surface area contributed by atoms with Gasteiger partial charge in [0.1, 0.15) is 11.5 Å². The van der Waals surface area contributed by atoms with E-state index < -0.39 is 0 Å². The molecule has 24 heavy (non-hydrogen) atoms. The van der Waals surface area contributed by atoms with Gasteiger partial charge in [0, 0.05) is 5.56 Å². The molecule has 5 nitrogen and oxygen atoms in total. The van der Waals surface area contributed by atoms with E-state index in [0.717, 1.165) is 5.56 Å². The Balaban J connectivity index is 2.12. The van der Waals surface area contributed by atoms with E-state index in [0.29, 0.717) is 22.6 Å². The first-order valence-electron chi connectivity index (χ1n) is 7.58. The van der Waals surface area contributed by atoms with Crippen LogP contribution in [0.5, 0.6) is 11.5 Å². The minimum Gasteiger partial charge on any atom is -0.496 e. The third kappa shape index (κ3) is 4.05. The molecule has 0 radical (unpaired) electrons. The molecule has 0 aliphatic heterocycles. The van der Waals surface area contributed by atoms with Crippen LogP contribution in [0.4, 0.5) is 0 Å². The van der Waals surface area contributed by atoms with Crippen LogP contribution in [-0.4, -0.2) is 20.1 Å². The SMILES string of the molecule is COc1cccc(OC)c1CC(=O)NC(C)c1cccc(C#N)c1. The minimum absolute atomic E-state index is 0.146. The Kier molecular flexibility index (Phi) is 5.80. The van der Waals surface area contributed by atoms with Crippen molar-refractivity contribution in [3.8, 4) is 17.6 Å². The van der Waals surface area contributed by atoms with Crippen LogP contribution < -0.4 is 14.8 Å². The third-order valence-corrected chi connectivity index (χ3v) is 3.76. The molecule has 0 heterocycles. The number of carbonyl (C=O) groups excluding carboxylic acids is 1. The molecule has 2 aromatic rings. The van der Waals surface area contributed by atoms with Crippen molar-refractivity contribution in [2.24, 2.45) is 0 Å². The highest BCUT2D eigenvalue weighted by atomic mass is 16.5. The first kappa shape index (κ1) is 17.4. The lowest BCUT2D eigenvalue weighted by Crippen LogP contribution is -2.28. The van der Waals surface area contributed by atoms with E-state index in [1.54, 1.807) is 44.6 Å². The van der Waals surface area contributed by atoms with E-state index in [4.69, 9.17) is 14.7 Å². The zero-order valence-electron chi connectivity index (χ0n) is 14.0. The average Bonchev–Trinajstić information content (AvgIpc) is 2.61. The zero-order chi connectivity index (χ0) is 17.5. The molecular formula is C19H20N2O3. The van der Waals surface area contributed by atoms with E-state index >= 15 is 0 Å². The van der Waals surface area contributed by atoms with Gasteiger partial charge in [0.25, 0.3) is 0 Å². The summed E-state index contributed by atoms with van der Waals surface area (Å²) in [6.45, 7) is 1.88. The molecule has 1 N–H and O–H groups in total. The van der Waals surface area contributed by atoms with Crippen molar-refractivity contribution in [1.82, 2.24) is 5.32 Å². The van der Waals surface area contributed by atoms with Gasteiger partial charge in [-0.3, -0.25) is 4.79 Å². The summed E-state index contributed by atoms with van der Waals surface area (Å²) in [5.74, 6) is 1.08. The summed E-state index contributed by atoms with van der Waals surface area (Å²) in [4.78, 5) is 12.4. The van der Waals surface area contributed by atoms with Crippen LogP contribution in [0.15, 0.2) is 42.5 Å². The van der Waals surface area contributed by atoms with Gasteiger partial charge in [0.15, 0.2) is 0 Å². The van der Waals surface area contributed by atoms with E-state index in [-0.39, 0.29) is 18.4 Å². The van der Waals surface area contributed by atoms with Crippen LogP contribution >= 0.6 is 0 Å². The number of benzene rings is 2. The molecule has 5 heteroatoms. The second-order valence-electron chi connectivity index (χ2n) is 5.34. The van der Waals surface area contributed by atoms with E-state index in [2.05, 4.69) is 11.4 Å². The summed E-state index contributed by atoms with van der Waals surface area (Å²) >= 11 is 0. The fourth-order valence-electron chi connectivity index (χ4n) is 2.52. The van der Waals surface area contributed by atoms with E-state index in [1.165, 1.54) is 0 Å². The number of hydrogen-bond acceptors (Lipinski definition) is 4. The first-order chi connectivity index (χ1) is 11.6. The Morgan fingerprint density at radius 2 is 1.79 bits per heavy atom. The lowest BCUT2D eigenvalue weighted by Gasteiger charge is -2.17. The number of nitrogens with zero attached hydrogens (tertiary/aromatic N) is 1. The molecule has 0 saturated heterocycles. The lowest BCUT2D eigenvalue weighted by atomic mass is 10.0. The highest BCUT2D eigenvalue weighted by Crippen LogP contribution is 2.28. The van der Waals surface area contributed by atoms with E-state index in [9.17, 15) is 4.79 Å². The van der Waals surface area contributed by atoms with Gasteiger partial charge >= 0.3 is 0 Å². The summed E-state index contributed by atoms with van der Waals surface area (Å²) in [7, 11) is 3.12. The number of carbonyl (C=O) groups is 1. The smallest absolute Gasteiger partial charge is 0.225 e. The summed E-state index contributed by atoms with van der Waals surface area (Å²) < 4.78 is 10.6. The van der Waals surface area contributed by atoms with Crippen LogP contribution in [-0.2, 0) is 11.2 Å². The topological polar surface area (TPSA) is 71.3 Å². The van der Waals surface area contributed by atoms with Crippen molar-refractivity contribution in [3.05, 3.63) is 59.2 Å². The van der Waals surface area contributed by atoms with Crippen molar-refractivity contribution < 1.29 is 14.3 Å². The molecule has 0 aliphatic carbocycles. The normalized spacial score (nSPS) is 11.2. The van der Waals surface area contributed by atoms with Crippen LogP contribution in [0.25, 0.3) is 0 Å². The fraction of sp³-hybridized carbons (Fsp3) is 0.263. The summed E-state index contributed by atoms with van der Waals surface area (Å²) in [5, 5.41) is 11.9. The molecule has 1 atom stereocenters. The quantitative estimate of drug-likeness (QED) is 0.886. The number of methoxy groups -OCH3 is 2. The minimum atomic E-state index is -0.202. The zero-order valence-corrected chi connectivity index (χ0v) is 14.0. The van der Waals surface area contributed by atoms with Crippen LogP contribution in [0, 0.1) is 11.3 Å². The van der Waals surface area contributed by atoms with Crippen LogP contribution in [0.3, 0.4) is 0 Å². The van der Waals surface area contributed by atoms with Crippen LogP contribution in [0.2, 0.25) is 0 Å². The average molecular weight is 324 g/mol. The predicted molar refractivity (Wildman–Crippen MR) is 91.0 cm³/mol. The van der Waals surface area contributed by atoms with E-state index in [1.807, 2.05) is 19.1 Å². The molecule has 0 fully saturated rings. The molecule has 2 aromatic carbocycles. The van der Waals surface area contributed by atoms with Gasteiger partial charge in [-0.25, -0.2) is 0 Å². The number of nitriles is 1. The molecule has 1 unspecified atom stereocenters. The molecular weight excluding hydrogens is 304 g/mol. The van der Waals surface area contributed by atoms with Gasteiger partial charge in [-0.2, -0.15) is 5.26 Å². The molecule has 0 aliphatic rings. The van der Waals surface area contributed by atoms with Crippen molar-refractivity contribution in [2.45, 2.75) is 19.4 Å². The van der Waals surface area contributed by atoms with Gasteiger partial charge in [0.05, 0.1) is 38.3 Å². The van der Waals surface area contributed by atoms with Crippen molar-refractivity contribution in [2.75, 3.05) is 14.2 Å². The van der Waals surface area contributed by atoms with Gasteiger partial charge in [-0.1, -0.05) is 18.2 Å². The van der Waals surface area contributed by atoms with Gasteiger partial charge < -0.3 is 14.8 Å². The molecule has 0 aromatic heterocycles. The second kappa shape index (κ2) is 8.02. The number of nitrogens with one attached hydrogen (secondary N) is 1. The van der Waals surface area contributed by atoms with Gasteiger partial charge in [0.2, 0.25) is 5.91 Å². The molecule has 1 amide bonds. The van der Waals surface area contributed by atoms with Gasteiger partial charge in [-0.15, -0.1) is 0 Å². The Morgan fingerprint density at radius 1 is 1.17 bits per heavy atom. The fourth-order valence-corrected chi connectivity index (χ4v) is 2.52. The maximum Gasteiger partial charge on any atom is 0.225 e. The summed E-state index contributed by atoms with van der Waals surface area (Å²) in [6, 6.07) is 14.5.